The molecule has 0 amide bonds. The van der Waals surface area contributed by atoms with Crippen LogP contribution in [0.4, 0.5) is 0 Å². The lowest BCUT2D eigenvalue weighted by atomic mass is 10.1. The lowest BCUT2D eigenvalue weighted by Crippen LogP contribution is -2.02. The fourth-order valence-electron chi connectivity index (χ4n) is 11.1. The predicted octanol–water partition coefficient (Wildman–Crippen LogP) is 23.4. The Kier molecular flexibility index (Phi) is 33.6. The Morgan fingerprint density at radius 2 is 0.677 bits per heavy atom. The standard InChI is InChI=1S/C22H15NO5S.C22H14O6S.2C21H14N2O5S.4C2H6/c24-14-6-9-16-18(12-14)29-22(20(27)17-2-1-11-23-17)21(16)28-15-7-3-13(4-8-15)5-10-19(25)26;23-14-6-9-16-18(12-14)29-22(20(26)17-2-1-11-27-17)21(16)28-15-7-3-13(4-8-15)5-10-19(24)25;24-13-4-7-15-17(9-13)29-21(19(27)16-10-22-11-23-16)20(15)28-14-5-1-12(2-6-14)3-8-18(25)26;24-13-4-7-15-16(11-13)29-20(18(27)21-22-9-10-23-21)19(15)28-14-5-1-12(2-6-14)3-8-17(25)26;4*1-2/h1-12,23-24H,(H,25,26);1-12,23H,(H,24,25);2*1-11,24H,(H,22,23)(H,25,26);4*1-2H3/b2*10-5+;2*8-3+;;;;. The van der Waals surface area contributed by atoms with E-state index in [1.165, 1.54) is 113 Å². The lowest BCUT2D eigenvalue weighted by molar-refractivity contribution is -0.132. The highest BCUT2D eigenvalue weighted by Gasteiger charge is 2.28. The number of carbonyl (C=O) groups excluding carboxylic acids is 4. The minimum Gasteiger partial charge on any atom is -0.508 e. The first-order valence-corrected chi connectivity index (χ1v) is 41.4. The van der Waals surface area contributed by atoms with Gasteiger partial charge in [-0.05, 0) is 192 Å². The van der Waals surface area contributed by atoms with Crippen LogP contribution in [0, 0.1) is 0 Å². The van der Waals surface area contributed by atoms with Gasteiger partial charge in [-0.15, -0.1) is 45.3 Å². The zero-order valence-electron chi connectivity index (χ0n) is 67.5. The molecule has 16 aromatic rings. The van der Waals surface area contributed by atoms with Gasteiger partial charge < -0.3 is 79.2 Å². The van der Waals surface area contributed by atoms with Crippen LogP contribution in [0.1, 0.15) is 139 Å². The Morgan fingerprint density at radius 3 is 0.952 bits per heavy atom. The first kappa shape index (κ1) is 92.4. The number of aromatic amines is 3. The molecular weight excluding hydrogens is 1660 g/mol. The number of hydrogen-bond donors (Lipinski definition) is 11. The predicted molar refractivity (Wildman–Crippen MR) is 483 cm³/mol. The van der Waals surface area contributed by atoms with Crippen LogP contribution in [0.15, 0.2) is 260 Å². The highest BCUT2D eigenvalue weighted by Crippen LogP contribution is 2.47. The van der Waals surface area contributed by atoms with Crippen molar-refractivity contribution in [1.29, 1.82) is 0 Å². The van der Waals surface area contributed by atoms with Gasteiger partial charge in [0.05, 0.1) is 24.5 Å². The summed E-state index contributed by atoms with van der Waals surface area (Å²) in [5.74, 6) is -0.897. The summed E-state index contributed by atoms with van der Waals surface area (Å²) in [6.45, 7) is 16.0. The number of furan rings is 1. The third kappa shape index (κ3) is 24.4. The number of aromatic nitrogens is 5. The molecule has 11 N–H and O–H groups in total. The quantitative estimate of drug-likeness (QED) is 0.0198. The minimum atomic E-state index is -1.03. The average Bonchev–Trinajstić information content (AvgIpc) is 1.65. The molecule has 0 aliphatic rings. The molecule has 0 spiro atoms. The Bertz CT molecular complexity index is 5670. The van der Waals surface area contributed by atoms with Gasteiger partial charge in [0.15, 0.2) is 34.6 Å². The number of ketones is 4. The SMILES string of the molecule is CC.CC.CC.CC.O=C(O)/C=C/c1ccc(Oc2c(C(=O)c3ccc[nH]3)sc3cc(O)ccc23)cc1.O=C(O)/C=C/c1ccc(Oc2c(C(=O)c3ccco3)sc3cc(O)ccc23)cc1.O=C(O)/C=C/c1ccc(Oc2c(C(=O)c3cnc[nH]3)sc3cc(O)ccc23)cc1.O=C(O)/C=C/c1ccc(Oc2c(C(=O)c3ncc[nH]3)sc3cc(O)ccc23)cc1. The number of aromatic hydroxyl groups is 4. The number of rotatable bonds is 24. The minimum absolute atomic E-state index is 0.0943. The molecule has 632 valence electrons. The van der Waals surface area contributed by atoms with Crippen LogP contribution in [0.5, 0.6) is 69.0 Å². The van der Waals surface area contributed by atoms with E-state index in [1.54, 1.807) is 188 Å². The summed E-state index contributed by atoms with van der Waals surface area (Å²) in [6.07, 6.45) is 19.1. The molecule has 0 saturated heterocycles. The van der Waals surface area contributed by atoms with E-state index in [0.29, 0.717) is 129 Å². The van der Waals surface area contributed by atoms with Gasteiger partial charge in [-0.25, -0.2) is 29.1 Å². The number of aliphatic carboxylic acids is 4. The number of thiophene rings is 4. The fourth-order valence-corrected chi connectivity index (χ4v) is 15.5. The molecule has 0 aliphatic carbocycles. The smallest absolute Gasteiger partial charge is 0.328 e. The molecule has 0 fully saturated rings. The number of nitrogens with zero attached hydrogens (tertiary/aromatic N) is 2. The average molecular weight is 1740 g/mol. The maximum atomic E-state index is 12.9. The topological polar surface area (TPSA) is 422 Å². The summed E-state index contributed by atoms with van der Waals surface area (Å²) >= 11 is 4.88. The number of phenols is 4. The second-order valence-electron chi connectivity index (χ2n) is 24.4. The van der Waals surface area contributed by atoms with Crippen LogP contribution in [-0.4, -0.2) is 113 Å². The van der Waals surface area contributed by atoms with E-state index in [4.69, 9.17) is 43.8 Å². The molecule has 0 saturated carbocycles. The van der Waals surface area contributed by atoms with E-state index >= 15 is 0 Å². The third-order valence-electron chi connectivity index (χ3n) is 16.5. The van der Waals surface area contributed by atoms with Gasteiger partial charge in [-0.3, -0.25) is 19.2 Å². The van der Waals surface area contributed by atoms with Gasteiger partial charge in [-0.1, -0.05) is 104 Å². The second kappa shape index (κ2) is 45.1. The van der Waals surface area contributed by atoms with Crippen LogP contribution in [0.25, 0.3) is 64.6 Å². The maximum absolute atomic E-state index is 12.9. The number of H-pyrrole nitrogens is 3. The highest BCUT2D eigenvalue weighted by molar-refractivity contribution is 7.22. The number of carboxylic acids is 4. The molecule has 26 nitrogen and oxygen atoms in total. The molecule has 0 aliphatic heterocycles. The molecule has 124 heavy (non-hydrogen) atoms. The van der Waals surface area contributed by atoms with Crippen molar-refractivity contribution >= 4 is 157 Å². The molecule has 0 bridgehead atoms. The van der Waals surface area contributed by atoms with Crippen molar-refractivity contribution in [3.05, 3.63) is 321 Å². The van der Waals surface area contributed by atoms with E-state index in [1.807, 2.05) is 55.4 Å². The van der Waals surface area contributed by atoms with Crippen molar-refractivity contribution in [2.24, 2.45) is 0 Å². The summed E-state index contributed by atoms with van der Waals surface area (Å²) in [5.41, 5.74) is 3.59. The first-order chi connectivity index (χ1) is 60.0. The van der Waals surface area contributed by atoms with Gasteiger partial charge >= 0.3 is 23.9 Å². The molecule has 0 atom stereocenters. The Hall–Kier alpha value is -15.5. The van der Waals surface area contributed by atoms with Crippen LogP contribution in [-0.2, 0) is 19.2 Å². The Labute approximate surface area is 724 Å². The number of imidazole rings is 2. The normalized spacial score (nSPS) is 10.6. The van der Waals surface area contributed by atoms with Crippen molar-refractivity contribution in [3.8, 4) is 69.0 Å². The molecule has 8 aromatic carbocycles. The number of fused-ring (bicyclic) bond motifs is 4. The van der Waals surface area contributed by atoms with Gasteiger partial charge in [0.25, 0.3) is 0 Å². The van der Waals surface area contributed by atoms with Crippen molar-refractivity contribution in [3.63, 3.8) is 0 Å². The van der Waals surface area contributed by atoms with E-state index in [-0.39, 0.29) is 57.7 Å². The number of benzene rings is 8. The first-order valence-electron chi connectivity index (χ1n) is 38.2. The zero-order chi connectivity index (χ0) is 89.5. The summed E-state index contributed by atoms with van der Waals surface area (Å²) < 4.78 is 32.2. The second-order valence-corrected chi connectivity index (χ2v) is 28.6. The molecule has 8 heterocycles. The number of ether oxygens (including phenoxy) is 4. The van der Waals surface area contributed by atoms with Gasteiger partial charge in [0, 0.05) is 83.2 Å². The Balaban J connectivity index is 0.000000182. The van der Waals surface area contributed by atoms with Gasteiger partial charge in [0.2, 0.25) is 23.1 Å². The van der Waals surface area contributed by atoms with E-state index in [2.05, 4.69) is 24.9 Å². The van der Waals surface area contributed by atoms with Crippen molar-refractivity contribution in [2.75, 3.05) is 0 Å². The van der Waals surface area contributed by atoms with Crippen LogP contribution < -0.4 is 18.9 Å². The number of carboxylic acid groups (broad SMARTS) is 4. The molecule has 8 aromatic heterocycles. The lowest BCUT2D eigenvalue weighted by Gasteiger charge is -2.08. The van der Waals surface area contributed by atoms with Gasteiger partial charge in [0.1, 0.15) is 71.2 Å². The van der Waals surface area contributed by atoms with E-state index in [9.17, 15) is 58.8 Å². The number of phenolic OH excluding ortho intramolecular Hbond substituents is 4. The molecule has 0 radical (unpaired) electrons. The van der Waals surface area contributed by atoms with Crippen LogP contribution >= 0.6 is 45.3 Å². The van der Waals surface area contributed by atoms with Crippen LogP contribution in [0.2, 0.25) is 0 Å². The fraction of sp³-hybridized carbons (Fsp3) is 0.0851. The molecular formula is C94H81N5O21S4. The molecule has 0 unspecified atom stereocenters. The monoisotopic (exact) mass is 1740 g/mol. The zero-order valence-corrected chi connectivity index (χ0v) is 70.7. The van der Waals surface area contributed by atoms with Gasteiger partial charge in [-0.2, -0.15) is 0 Å². The van der Waals surface area contributed by atoms with E-state index in [0.717, 1.165) is 34.4 Å². The number of nitrogens with one attached hydrogen (secondary N) is 3. The maximum Gasteiger partial charge on any atom is 0.328 e. The summed E-state index contributed by atoms with van der Waals surface area (Å²) in [4.78, 5) is 112. The Morgan fingerprint density at radius 1 is 0.355 bits per heavy atom. The summed E-state index contributed by atoms with van der Waals surface area (Å²) in [7, 11) is 0. The number of hydrogen-bond acceptors (Lipinski definition) is 23. The number of carbonyl (C=O) groups is 8. The third-order valence-corrected chi connectivity index (χ3v) is 21.0. The summed E-state index contributed by atoms with van der Waals surface area (Å²) in [5, 5.41) is 76.8. The van der Waals surface area contributed by atoms with E-state index < -0.39 is 23.9 Å². The summed E-state index contributed by atoms with van der Waals surface area (Å²) in [6, 6.07) is 53.2. The van der Waals surface area contributed by atoms with Crippen molar-refractivity contribution < 1.29 is 103 Å². The van der Waals surface area contributed by atoms with Crippen molar-refractivity contribution in [1.82, 2.24) is 24.9 Å². The highest BCUT2D eigenvalue weighted by atomic mass is 32.1. The largest absolute Gasteiger partial charge is 0.508 e. The van der Waals surface area contributed by atoms with Crippen molar-refractivity contribution in [2.45, 2.75) is 55.4 Å². The molecule has 16 rings (SSSR count). The molecule has 30 heteroatoms. The van der Waals surface area contributed by atoms with Crippen LogP contribution in [0.3, 0.4) is 0 Å².